The van der Waals surface area contributed by atoms with Crippen LogP contribution in [0.4, 0.5) is 0 Å². The quantitative estimate of drug-likeness (QED) is 0.540. The Balaban J connectivity index is 1.43. The van der Waals surface area contributed by atoms with Crippen molar-refractivity contribution in [1.82, 2.24) is 9.47 Å². The summed E-state index contributed by atoms with van der Waals surface area (Å²) in [7, 11) is 1.83. The van der Waals surface area contributed by atoms with Gasteiger partial charge in [0.1, 0.15) is 5.75 Å². The van der Waals surface area contributed by atoms with Crippen LogP contribution in [0.25, 0.3) is 21.2 Å². The summed E-state index contributed by atoms with van der Waals surface area (Å²) in [6, 6.07) is 10.7. The molecule has 2 aromatic heterocycles. The van der Waals surface area contributed by atoms with Crippen LogP contribution in [-0.2, 0) is 23.1 Å². The van der Waals surface area contributed by atoms with Gasteiger partial charge in [-0.2, -0.15) is 0 Å². The summed E-state index contributed by atoms with van der Waals surface area (Å²) >= 11 is 1.73. The van der Waals surface area contributed by atoms with Gasteiger partial charge in [-0.3, -0.25) is 9.69 Å². The monoisotopic (exact) mass is 468 g/mol. The van der Waals surface area contributed by atoms with Gasteiger partial charge in [0, 0.05) is 60.7 Å². The Hall–Kier alpha value is -2.19. The Morgan fingerprint density at radius 1 is 1.15 bits per heavy atom. The highest BCUT2D eigenvalue weighted by molar-refractivity contribution is 7.19. The Morgan fingerprint density at radius 2 is 2.00 bits per heavy atom. The average molecular weight is 469 g/mol. The van der Waals surface area contributed by atoms with Crippen LogP contribution in [0.3, 0.4) is 0 Å². The largest absolute Gasteiger partial charge is 0.493 e. The number of aromatic nitrogens is 1. The number of nitrogens with zero attached hydrogens (tertiary/aromatic N) is 2. The summed E-state index contributed by atoms with van der Waals surface area (Å²) < 4.78 is 19.9. The summed E-state index contributed by atoms with van der Waals surface area (Å²) in [5.41, 5.74) is 2.21. The van der Waals surface area contributed by atoms with Crippen molar-refractivity contribution in [2.24, 2.45) is 13.0 Å². The molecule has 1 atom stereocenters. The van der Waals surface area contributed by atoms with E-state index in [4.69, 9.17) is 14.2 Å². The van der Waals surface area contributed by atoms with Crippen molar-refractivity contribution in [2.45, 2.75) is 32.4 Å². The molecule has 2 aliphatic heterocycles. The molecule has 3 aromatic rings. The highest BCUT2D eigenvalue weighted by Crippen LogP contribution is 2.35. The topological polar surface area (TPSA) is 52.9 Å². The average Bonchev–Trinajstić information content (AvgIpc) is 3.26. The lowest BCUT2D eigenvalue weighted by Gasteiger charge is -2.32. The Labute approximate surface area is 198 Å². The predicted molar refractivity (Wildman–Crippen MR) is 132 cm³/mol. The summed E-state index contributed by atoms with van der Waals surface area (Å²) in [4.78, 5) is 16.6. The lowest BCUT2D eigenvalue weighted by molar-refractivity contribution is -0.00390. The zero-order valence-electron chi connectivity index (χ0n) is 19.4. The minimum atomic E-state index is 0.0539. The number of fused-ring (bicyclic) bond motifs is 1. The van der Waals surface area contributed by atoms with Crippen molar-refractivity contribution in [3.63, 3.8) is 0 Å². The number of pyridine rings is 1. The number of benzene rings is 1. The van der Waals surface area contributed by atoms with Crippen LogP contribution in [0.5, 0.6) is 5.75 Å². The minimum Gasteiger partial charge on any atom is -0.493 e. The van der Waals surface area contributed by atoms with E-state index >= 15 is 0 Å². The Morgan fingerprint density at radius 3 is 2.82 bits per heavy atom. The zero-order valence-corrected chi connectivity index (χ0v) is 20.2. The molecule has 33 heavy (non-hydrogen) atoms. The van der Waals surface area contributed by atoms with Gasteiger partial charge in [-0.25, -0.2) is 0 Å². The van der Waals surface area contributed by atoms with Crippen molar-refractivity contribution in [1.29, 1.82) is 0 Å². The molecule has 4 heterocycles. The highest BCUT2D eigenvalue weighted by atomic mass is 32.1. The summed E-state index contributed by atoms with van der Waals surface area (Å²) in [6.45, 7) is 7.87. The molecule has 2 saturated heterocycles. The number of hydrogen-bond acceptors (Lipinski definition) is 6. The fourth-order valence-electron chi connectivity index (χ4n) is 4.66. The number of ether oxygens (including phenoxy) is 3. The first-order valence-corrected chi connectivity index (χ1v) is 12.6. The molecule has 2 fully saturated rings. The SMILES string of the molecule is CC1COCCN1Cc1cc2c(=O)n(C)cc(-c3cccc(OCC4CCOCC4)c3)c2s1. The van der Waals surface area contributed by atoms with Gasteiger partial charge in [0.25, 0.3) is 5.56 Å². The molecular weight excluding hydrogens is 436 g/mol. The van der Waals surface area contributed by atoms with Gasteiger partial charge in [0.2, 0.25) is 0 Å². The molecule has 0 saturated carbocycles. The minimum absolute atomic E-state index is 0.0539. The van der Waals surface area contributed by atoms with E-state index in [1.54, 1.807) is 15.9 Å². The number of rotatable bonds is 6. The molecule has 5 rings (SSSR count). The van der Waals surface area contributed by atoms with Crippen LogP contribution in [0.15, 0.2) is 41.3 Å². The summed E-state index contributed by atoms with van der Waals surface area (Å²) in [6.07, 6.45) is 4.07. The van der Waals surface area contributed by atoms with E-state index in [0.717, 1.165) is 85.9 Å². The summed E-state index contributed by atoms with van der Waals surface area (Å²) in [5.74, 6) is 1.43. The van der Waals surface area contributed by atoms with Crippen molar-refractivity contribution in [3.8, 4) is 16.9 Å². The van der Waals surface area contributed by atoms with Gasteiger partial charge >= 0.3 is 0 Å². The third-order valence-electron chi connectivity index (χ3n) is 6.74. The molecule has 0 amide bonds. The van der Waals surface area contributed by atoms with E-state index in [9.17, 15) is 4.79 Å². The molecule has 0 spiro atoms. The molecule has 0 bridgehead atoms. The van der Waals surface area contributed by atoms with E-state index in [1.165, 1.54) is 4.88 Å². The number of hydrogen-bond donors (Lipinski definition) is 0. The fraction of sp³-hybridized carbons (Fsp3) is 0.500. The molecular formula is C26H32N2O4S. The van der Waals surface area contributed by atoms with Gasteiger partial charge in [0.05, 0.1) is 25.2 Å². The zero-order chi connectivity index (χ0) is 22.8. The number of aryl methyl sites for hydroxylation is 1. The normalized spacial score (nSPS) is 20.4. The molecule has 0 N–H and O–H groups in total. The van der Waals surface area contributed by atoms with Crippen LogP contribution < -0.4 is 10.3 Å². The van der Waals surface area contributed by atoms with Gasteiger partial charge in [-0.05, 0) is 49.4 Å². The van der Waals surface area contributed by atoms with Crippen LogP contribution in [0.2, 0.25) is 0 Å². The Bertz CT molecular complexity index is 1160. The van der Waals surface area contributed by atoms with Crippen LogP contribution >= 0.6 is 11.3 Å². The Kier molecular flexibility index (Phi) is 6.83. The van der Waals surface area contributed by atoms with E-state index in [0.29, 0.717) is 12.0 Å². The molecule has 6 nitrogen and oxygen atoms in total. The van der Waals surface area contributed by atoms with Crippen molar-refractivity contribution in [3.05, 3.63) is 51.8 Å². The standard InChI is InChI=1S/C26H32N2O4S/c1-18-16-31-11-8-28(18)14-22-13-23-25(33-22)24(15-27(2)26(23)29)20-4-3-5-21(12-20)32-17-19-6-9-30-10-7-19/h3-5,12-13,15,18-19H,6-11,14,16-17H2,1-2H3. The van der Waals surface area contributed by atoms with Gasteiger partial charge in [0.15, 0.2) is 0 Å². The van der Waals surface area contributed by atoms with E-state index < -0.39 is 0 Å². The molecule has 1 aromatic carbocycles. The maximum absolute atomic E-state index is 12.9. The summed E-state index contributed by atoms with van der Waals surface area (Å²) in [5, 5.41) is 0.796. The fourth-order valence-corrected chi connectivity index (χ4v) is 5.87. The second kappa shape index (κ2) is 9.97. The van der Waals surface area contributed by atoms with Crippen molar-refractivity contribution < 1.29 is 14.2 Å². The molecule has 0 aliphatic carbocycles. The third-order valence-corrected chi connectivity index (χ3v) is 7.89. The first kappa shape index (κ1) is 22.6. The second-order valence-electron chi connectivity index (χ2n) is 9.20. The van der Waals surface area contributed by atoms with Gasteiger partial charge in [-0.1, -0.05) is 12.1 Å². The maximum Gasteiger partial charge on any atom is 0.259 e. The van der Waals surface area contributed by atoms with Crippen LogP contribution in [-0.4, -0.2) is 55.1 Å². The van der Waals surface area contributed by atoms with Crippen molar-refractivity contribution in [2.75, 3.05) is 39.6 Å². The molecule has 0 radical (unpaired) electrons. The first-order valence-electron chi connectivity index (χ1n) is 11.8. The van der Waals surface area contributed by atoms with E-state index in [1.807, 2.05) is 25.4 Å². The molecule has 176 valence electrons. The third kappa shape index (κ3) is 5.01. The van der Waals surface area contributed by atoms with E-state index in [2.05, 4.69) is 30.0 Å². The molecule has 1 unspecified atom stereocenters. The first-order chi connectivity index (χ1) is 16.1. The van der Waals surface area contributed by atoms with Gasteiger partial charge < -0.3 is 18.8 Å². The second-order valence-corrected chi connectivity index (χ2v) is 10.3. The lowest BCUT2D eigenvalue weighted by Crippen LogP contribution is -2.42. The van der Waals surface area contributed by atoms with Crippen LogP contribution in [0, 0.1) is 5.92 Å². The lowest BCUT2D eigenvalue weighted by atomic mass is 10.0. The van der Waals surface area contributed by atoms with Crippen molar-refractivity contribution >= 4 is 21.4 Å². The smallest absolute Gasteiger partial charge is 0.259 e. The number of thiophene rings is 1. The highest BCUT2D eigenvalue weighted by Gasteiger charge is 2.21. The van der Waals surface area contributed by atoms with Crippen LogP contribution in [0.1, 0.15) is 24.6 Å². The van der Waals surface area contributed by atoms with E-state index in [-0.39, 0.29) is 5.56 Å². The molecule has 2 aliphatic rings. The van der Waals surface area contributed by atoms with Gasteiger partial charge in [-0.15, -0.1) is 11.3 Å². The number of morpholine rings is 1. The molecule has 7 heteroatoms. The maximum atomic E-state index is 12.9. The predicted octanol–water partition coefficient (Wildman–Crippen LogP) is 4.29.